The summed E-state index contributed by atoms with van der Waals surface area (Å²) in [6, 6.07) is 7.25. The van der Waals surface area contributed by atoms with Gasteiger partial charge < -0.3 is 20.5 Å². The number of hydrogen-bond acceptors (Lipinski definition) is 5. The lowest BCUT2D eigenvalue weighted by molar-refractivity contribution is -0.135. The minimum Gasteiger partial charge on any atom is -0.494 e. The van der Waals surface area contributed by atoms with Crippen LogP contribution in [0.5, 0.6) is 5.75 Å². The Hall–Kier alpha value is -2.12. The van der Waals surface area contributed by atoms with E-state index in [0.29, 0.717) is 26.2 Å². The lowest BCUT2D eigenvalue weighted by Gasteiger charge is -2.35. The van der Waals surface area contributed by atoms with Crippen LogP contribution in [0.1, 0.15) is 32.8 Å². The fourth-order valence-electron chi connectivity index (χ4n) is 2.91. The molecule has 2 rings (SSSR count). The number of benzene rings is 1. The molecule has 1 heterocycles. The minimum absolute atomic E-state index is 0.0618. The van der Waals surface area contributed by atoms with Crippen LogP contribution in [-0.2, 0) is 16.1 Å². The number of ether oxygens (including phenoxy) is 1. The van der Waals surface area contributed by atoms with E-state index in [9.17, 15) is 14.7 Å². The second-order valence-electron chi connectivity index (χ2n) is 7.15. The third-order valence-corrected chi connectivity index (χ3v) is 4.31. The summed E-state index contributed by atoms with van der Waals surface area (Å²) in [6.45, 7) is 7.71. The maximum atomic E-state index is 12.3. The van der Waals surface area contributed by atoms with Crippen LogP contribution in [0, 0.1) is 0 Å². The van der Waals surface area contributed by atoms with Crippen LogP contribution in [0.2, 0.25) is 0 Å². The van der Waals surface area contributed by atoms with Crippen molar-refractivity contribution in [3.05, 3.63) is 29.8 Å². The molecule has 7 nitrogen and oxygen atoms in total. The van der Waals surface area contributed by atoms with Gasteiger partial charge in [-0.1, -0.05) is 12.1 Å². The van der Waals surface area contributed by atoms with E-state index in [0.717, 1.165) is 11.3 Å². The minimum atomic E-state index is -0.706. The molecule has 144 valence electrons. The number of carbonyl (C=O) groups excluding carboxylic acids is 2. The van der Waals surface area contributed by atoms with Gasteiger partial charge >= 0.3 is 0 Å². The number of piperazine rings is 1. The monoisotopic (exact) mass is 363 g/mol. The van der Waals surface area contributed by atoms with Crippen LogP contribution in [0.4, 0.5) is 0 Å². The van der Waals surface area contributed by atoms with Crippen molar-refractivity contribution >= 4 is 11.8 Å². The zero-order valence-electron chi connectivity index (χ0n) is 15.7. The fourth-order valence-corrected chi connectivity index (χ4v) is 2.91. The number of nitrogens with one attached hydrogen (secondary N) is 2. The van der Waals surface area contributed by atoms with Crippen molar-refractivity contribution in [2.75, 3.05) is 26.3 Å². The molecule has 1 aliphatic heterocycles. The van der Waals surface area contributed by atoms with Crippen molar-refractivity contribution in [2.45, 2.75) is 45.3 Å². The van der Waals surface area contributed by atoms with Crippen molar-refractivity contribution < 1.29 is 19.4 Å². The molecule has 1 atom stereocenters. The molecule has 1 saturated heterocycles. The molecule has 0 aliphatic carbocycles. The lowest BCUT2D eigenvalue weighted by Crippen LogP contribution is -2.57. The molecule has 2 amide bonds. The summed E-state index contributed by atoms with van der Waals surface area (Å²) in [7, 11) is 0. The first-order valence-corrected chi connectivity index (χ1v) is 9.00. The summed E-state index contributed by atoms with van der Waals surface area (Å²) in [5.41, 5.74) is 0.353. The van der Waals surface area contributed by atoms with Gasteiger partial charge in [0, 0.05) is 19.6 Å². The first-order valence-electron chi connectivity index (χ1n) is 9.00. The summed E-state index contributed by atoms with van der Waals surface area (Å²) in [5, 5.41) is 14.9. The highest BCUT2D eigenvalue weighted by atomic mass is 16.5. The molecule has 0 radical (unpaired) electrons. The first-order chi connectivity index (χ1) is 12.3. The molecule has 7 heteroatoms. The predicted molar refractivity (Wildman–Crippen MR) is 98.7 cm³/mol. The summed E-state index contributed by atoms with van der Waals surface area (Å²) >= 11 is 0. The van der Waals surface area contributed by atoms with E-state index >= 15 is 0 Å². The average molecular weight is 363 g/mol. The summed E-state index contributed by atoms with van der Waals surface area (Å²) in [5.74, 6) is 0.428. The summed E-state index contributed by atoms with van der Waals surface area (Å²) in [6.07, 6.45) is 0.0618. The van der Waals surface area contributed by atoms with Crippen molar-refractivity contribution in [3.63, 3.8) is 0 Å². The average Bonchev–Trinajstić information content (AvgIpc) is 2.59. The van der Waals surface area contributed by atoms with Gasteiger partial charge in [-0.2, -0.15) is 0 Å². The smallest absolute Gasteiger partial charge is 0.237 e. The molecule has 1 aliphatic rings. The highest BCUT2D eigenvalue weighted by molar-refractivity contribution is 5.89. The molecule has 1 aromatic rings. The Labute approximate surface area is 154 Å². The summed E-state index contributed by atoms with van der Waals surface area (Å²) in [4.78, 5) is 26.6. The lowest BCUT2D eigenvalue weighted by atomic mass is 10.0. The van der Waals surface area contributed by atoms with Gasteiger partial charge in [0.25, 0.3) is 0 Å². The van der Waals surface area contributed by atoms with Crippen LogP contribution >= 0.6 is 0 Å². The molecule has 0 aromatic heterocycles. The molecular formula is C19H29N3O4. The van der Waals surface area contributed by atoms with Gasteiger partial charge in [0.05, 0.1) is 31.2 Å². The standard InChI is InChI=1S/C19H29N3O4/c1-4-26-15-7-5-14(6-8-15)12-22-10-9-20-18(25)16(22)11-17(24)21-19(2,3)13-23/h5-8,16,23H,4,9-13H2,1-3H3,(H,20,25)(H,21,24). The zero-order valence-corrected chi connectivity index (χ0v) is 15.7. The Kier molecular flexibility index (Phi) is 6.99. The van der Waals surface area contributed by atoms with E-state index in [-0.39, 0.29) is 24.8 Å². The van der Waals surface area contributed by atoms with Crippen LogP contribution in [0.15, 0.2) is 24.3 Å². The van der Waals surface area contributed by atoms with Crippen molar-refractivity contribution in [3.8, 4) is 5.75 Å². The van der Waals surface area contributed by atoms with E-state index in [1.165, 1.54) is 0 Å². The largest absolute Gasteiger partial charge is 0.494 e. The second kappa shape index (κ2) is 9.00. The third kappa shape index (κ3) is 5.71. The Morgan fingerprint density at radius 2 is 2.08 bits per heavy atom. The molecule has 3 N–H and O–H groups in total. The number of hydrogen-bond donors (Lipinski definition) is 3. The van der Waals surface area contributed by atoms with E-state index < -0.39 is 11.6 Å². The highest BCUT2D eigenvalue weighted by Gasteiger charge is 2.32. The van der Waals surface area contributed by atoms with Crippen LogP contribution in [-0.4, -0.2) is 59.7 Å². The van der Waals surface area contributed by atoms with Crippen molar-refractivity contribution in [2.24, 2.45) is 0 Å². The van der Waals surface area contributed by atoms with Gasteiger partial charge in [-0.3, -0.25) is 14.5 Å². The maximum Gasteiger partial charge on any atom is 0.237 e. The van der Waals surface area contributed by atoms with E-state index in [1.54, 1.807) is 13.8 Å². The topological polar surface area (TPSA) is 90.9 Å². The fraction of sp³-hybridized carbons (Fsp3) is 0.579. The van der Waals surface area contributed by atoms with Gasteiger partial charge in [-0.25, -0.2) is 0 Å². The quantitative estimate of drug-likeness (QED) is 0.631. The van der Waals surface area contributed by atoms with Crippen molar-refractivity contribution in [1.82, 2.24) is 15.5 Å². The molecule has 0 bridgehead atoms. The Bertz CT molecular complexity index is 616. The SMILES string of the molecule is CCOc1ccc(CN2CCNC(=O)C2CC(=O)NC(C)(C)CO)cc1. The van der Waals surface area contributed by atoms with Crippen molar-refractivity contribution in [1.29, 1.82) is 0 Å². The zero-order chi connectivity index (χ0) is 19.2. The third-order valence-electron chi connectivity index (χ3n) is 4.31. The Morgan fingerprint density at radius 1 is 1.38 bits per heavy atom. The number of aliphatic hydroxyl groups is 1. The van der Waals surface area contributed by atoms with E-state index in [4.69, 9.17) is 4.74 Å². The van der Waals surface area contributed by atoms with Crippen LogP contribution in [0.25, 0.3) is 0 Å². The second-order valence-corrected chi connectivity index (χ2v) is 7.15. The van der Waals surface area contributed by atoms with Gasteiger partial charge in [0.1, 0.15) is 5.75 Å². The molecule has 0 saturated carbocycles. The first kappa shape index (κ1) is 20.2. The van der Waals surface area contributed by atoms with Gasteiger partial charge in [-0.15, -0.1) is 0 Å². The predicted octanol–water partition coefficient (Wildman–Crippen LogP) is 0.663. The van der Waals surface area contributed by atoms with E-state index in [2.05, 4.69) is 10.6 Å². The molecule has 0 spiro atoms. The number of nitrogens with zero attached hydrogens (tertiary/aromatic N) is 1. The summed E-state index contributed by atoms with van der Waals surface area (Å²) < 4.78 is 5.45. The van der Waals surface area contributed by atoms with Gasteiger partial charge in [-0.05, 0) is 38.5 Å². The normalized spacial score (nSPS) is 18.3. The van der Waals surface area contributed by atoms with Crippen LogP contribution in [0.3, 0.4) is 0 Å². The van der Waals surface area contributed by atoms with E-state index in [1.807, 2.05) is 36.1 Å². The Balaban J connectivity index is 2.02. The molecule has 1 fully saturated rings. The molecule has 1 unspecified atom stereocenters. The number of rotatable bonds is 8. The highest BCUT2D eigenvalue weighted by Crippen LogP contribution is 2.17. The van der Waals surface area contributed by atoms with Gasteiger partial charge in [0.2, 0.25) is 11.8 Å². The Morgan fingerprint density at radius 3 is 2.69 bits per heavy atom. The van der Waals surface area contributed by atoms with Crippen LogP contribution < -0.4 is 15.4 Å². The number of carbonyl (C=O) groups is 2. The maximum absolute atomic E-state index is 12.3. The van der Waals surface area contributed by atoms with Gasteiger partial charge in [0.15, 0.2) is 0 Å². The molecule has 1 aromatic carbocycles. The molecule has 26 heavy (non-hydrogen) atoms. The number of amides is 2. The molecular weight excluding hydrogens is 334 g/mol. The number of aliphatic hydroxyl groups excluding tert-OH is 1.